The van der Waals surface area contributed by atoms with Crippen LogP contribution in [0.25, 0.3) is 0 Å². The van der Waals surface area contributed by atoms with Gasteiger partial charge in [-0.25, -0.2) is 4.79 Å². The molecule has 1 atom stereocenters. The Morgan fingerprint density at radius 3 is 2.46 bits per heavy atom. The van der Waals surface area contributed by atoms with Gasteiger partial charge in [-0.15, -0.1) is 0 Å². The van der Waals surface area contributed by atoms with Crippen molar-refractivity contribution in [2.24, 2.45) is 11.1 Å². The lowest BCUT2D eigenvalue weighted by atomic mass is 9.74. The molecule has 0 aromatic heterocycles. The van der Waals surface area contributed by atoms with Crippen molar-refractivity contribution < 1.29 is 14.3 Å². The van der Waals surface area contributed by atoms with E-state index in [9.17, 15) is 9.59 Å². The van der Waals surface area contributed by atoms with E-state index >= 15 is 0 Å². The lowest BCUT2D eigenvalue weighted by molar-refractivity contribution is -0.130. The average Bonchev–Trinajstić information content (AvgIpc) is 2.48. The molecule has 5 nitrogen and oxygen atoms in total. The van der Waals surface area contributed by atoms with Crippen LogP contribution in [0.4, 0.5) is 4.79 Å². The summed E-state index contributed by atoms with van der Waals surface area (Å²) in [5, 5.41) is 0.644. The molecule has 24 heavy (non-hydrogen) atoms. The van der Waals surface area contributed by atoms with Gasteiger partial charge in [-0.1, -0.05) is 23.7 Å². The lowest BCUT2D eigenvalue weighted by Gasteiger charge is -2.41. The van der Waals surface area contributed by atoms with Crippen molar-refractivity contribution in [1.29, 1.82) is 0 Å². The van der Waals surface area contributed by atoms with E-state index in [1.54, 1.807) is 17.0 Å². The fourth-order valence-corrected chi connectivity index (χ4v) is 3.17. The van der Waals surface area contributed by atoms with E-state index in [1.165, 1.54) is 0 Å². The molecule has 0 bridgehead atoms. The smallest absolute Gasteiger partial charge is 0.410 e. The van der Waals surface area contributed by atoms with E-state index in [0.717, 1.165) is 12.0 Å². The highest BCUT2D eigenvalue weighted by Crippen LogP contribution is 2.34. The molecule has 0 saturated carbocycles. The van der Waals surface area contributed by atoms with Gasteiger partial charge in [-0.05, 0) is 57.7 Å². The molecule has 1 aromatic rings. The third kappa shape index (κ3) is 4.63. The van der Waals surface area contributed by atoms with Crippen LogP contribution in [-0.4, -0.2) is 35.6 Å². The second-order valence-electron chi connectivity index (χ2n) is 7.45. The number of rotatable bonds is 3. The second kappa shape index (κ2) is 7.01. The van der Waals surface area contributed by atoms with Gasteiger partial charge in [0.1, 0.15) is 5.60 Å². The molecule has 1 saturated heterocycles. The zero-order valence-electron chi connectivity index (χ0n) is 14.5. The zero-order chi connectivity index (χ0) is 18.0. The van der Waals surface area contributed by atoms with Gasteiger partial charge in [0.2, 0.25) is 5.91 Å². The molecular weight excluding hydrogens is 328 g/mol. The minimum Gasteiger partial charge on any atom is -0.444 e. The van der Waals surface area contributed by atoms with E-state index in [1.807, 2.05) is 32.9 Å². The van der Waals surface area contributed by atoms with E-state index < -0.39 is 17.1 Å². The molecule has 1 aromatic carbocycles. The topological polar surface area (TPSA) is 72.6 Å². The van der Waals surface area contributed by atoms with E-state index in [4.69, 9.17) is 22.1 Å². The van der Waals surface area contributed by atoms with Crippen LogP contribution in [0.1, 0.15) is 39.2 Å². The SMILES string of the molecule is CC(C)(C)OC(=O)N1CCCC(Cc2ccc(Cl)cc2)(C(N)=O)C1. The van der Waals surface area contributed by atoms with Gasteiger partial charge in [0.05, 0.1) is 5.41 Å². The average molecular weight is 353 g/mol. The van der Waals surface area contributed by atoms with Crippen LogP contribution in [0.3, 0.4) is 0 Å². The molecule has 1 heterocycles. The Labute approximate surface area is 148 Å². The van der Waals surface area contributed by atoms with Gasteiger partial charge in [0, 0.05) is 18.1 Å². The number of likely N-dealkylation sites (tertiary alicyclic amines) is 1. The maximum Gasteiger partial charge on any atom is 0.410 e. The van der Waals surface area contributed by atoms with E-state index in [-0.39, 0.29) is 12.5 Å². The van der Waals surface area contributed by atoms with Crippen LogP contribution >= 0.6 is 11.6 Å². The van der Waals surface area contributed by atoms with E-state index in [2.05, 4.69) is 0 Å². The number of hydrogen-bond donors (Lipinski definition) is 1. The predicted octanol–water partition coefficient (Wildman–Crippen LogP) is 3.39. The lowest BCUT2D eigenvalue weighted by Crippen LogP contribution is -2.54. The summed E-state index contributed by atoms with van der Waals surface area (Å²) in [6.07, 6.45) is 1.46. The summed E-state index contributed by atoms with van der Waals surface area (Å²) < 4.78 is 5.43. The Kier molecular flexibility index (Phi) is 5.43. The molecule has 0 radical (unpaired) electrons. The minimum absolute atomic E-state index is 0.278. The number of benzene rings is 1. The first-order valence-corrected chi connectivity index (χ1v) is 8.51. The van der Waals surface area contributed by atoms with Gasteiger partial charge in [0.25, 0.3) is 0 Å². The molecule has 2 amide bonds. The van der Waals surface area contributed by atoms with Crippen molar-refractivity contribution in [3.05, 3.63) is 34.9 Å². The number of amides is 2. The van der Waals surface area contributed by atoms with Crippen molar-refractivity contribution >= 4 is 23.6 Å². The highest BCUT2D eigenvalue weighted by molar-refractivity contribution is 6.30. The van der Waals surface area contributed by atoms with Crippen LogP contribution in [0.5, 0.6) is 0 Å². The summed E-state index contributed by atoms with van der Waals surface area (Å²) in [4.78, 5) is 26.2. The number of primary amides is 1. The molecule has 1 aliphatic rings. The van der Waals surface area contributed by atoms with Crippen LogP contribution in [0.2, 0.25) is 5.02 Å². The van der Waals surface area contributed by atoms with Crippen LogP contribution in [-0.2, 0) is 16.0 Å². The van der Waals surface area contributed by atoms with E-state index in [0.29, 0.717) is 24.4 Å². The summed E-state index contributed by atoms with van der Waals surface area (Å²) in [7, 11) is 0. The summed E-state index contributed by atoms with van der Waals surface area (Å²) in [6.45, 7) is 6.32. The highest BCUT2D eigenvalue weighted by Gasteiger charge is 2.43. The summed E-state index contributed by atoms with van der Waals surface area (Å²) in [5.74, 6) is -0.384. The molecule has 1 aliphatic heterocycles. The quantitative estimate of drug-likeness (QED) is 0.906. The number of piperidine rings is 1. The molecular formula is C18H25ClN2O3. The molecule has 0 aliphatic carbocycles. The molecule has 6 heteroatoms. The number of ether oxygens (including phenoxy) is 1. The predicted molar refractivity (Wildman–Crippen MR) is 93.8 cm³/mol. The maximum atomic E-state index is 12.4. The Morgan fingerprint density at radius 2 is 1.92 bits per heavy atom. The molecule has 2 N–H and O–H groups in total. The normalized spacial score (nSPS) is 21.4. The van der Waals surface area contributed by atoms with Crippen molar-refractivity contribution in [1.82, 2.24) is 4.90 Å². The molecule has 132 valence electrons. The number of carbonyl (C=O) groups excluding carboxylic acids is 2. The standard InChI is InChI=1S/C18H25ClN2O3/c1-17(2,3)24-16(23)21-10-4-9-18(12-21,15(20)22)11-13-5-7-14(19)8-6-13/h5-8H,4,9-12H2,1-3H3,(H2,20,22). The molecule has 1 unspecified atom stereocenters. The van der Waals surface area contributed by atoms with Gasteiger partial charge in [0.15, 0.2) is 0 Å². The first kappa shape index (κ1) is 18.6. The monoisotopic (exact) mass is 352 g/mol. The third-order valence-electron chi connectivity index (χ3n) is 4.21. The van der Waals surface area contributed by atoms with Gasteiger partial charge in [-0.3, -0.25) is 4.79 Å². The summed E-state index contributed by atoms with van der Waals surface area (Å²) in [6, 6.07) is 7.36. The maximum absolute atomic E-state index is 12.4. The number of carbonyl (C=O) groups is 2. The van der Waals surface area contributed by atoms with Gasteiger partial charge in [-0.2, -0.15) is 0 Å². The molecule has 0 spiro atoms. The van der Waals surface area contributed by atoms with Gasteiger partial charge < -0.3 is 15.4 Å². The molecule has 2 rings (SSSR count). The first-order chi connectivity index (χ1) is 11.1. The summed E-state index contributed by atoms with van der Waals surface area (Å²) >= 11 is 5.92. The van der Waals surface area contributed by atoms with Crippen LogP contribution in [0, 0.1) is 5.41 Å². The van der Waals surface area contributed by atoms with Crippen molar-refractivity contribution in [2.75, 3.05) is 13.1 Å². The third-order valence-corrected chi connectivity index (χ3v) is 4.46. The van der Waals surface area contributed by atoms with Crippen molar-refractivity contribution in [3.63, 3.8) is 0 Å². The first-order valence-electron chi connectivity index (χ1n) is 8.14. The zero-order valence-corrected chi connectivity index (χ0v) is 15.2. The minimum atomic E-state index is -0.775. The Morgan fingerprint density at radius 1 is 1.29 bits per heavy atom. The largest absolute Gasteiger partial charge is 0.444 e. The molecule has 1 fully saturated rings. The number of halogens is 1. The van der Waals surface area contributed by atoms with Crippen LogP contribution < -0.4 is 5.73 Å². The highest BCUT2D eigenvalue weighted by atomic mass is 35.5. The van der Waals surface area contributed by atoms with Crippen molar-refractivity contribution in [2.45, 2.75) is 45.6 Å². The fourth-order valence-electron chi connectivity index (χ4n) is 3.04. The summed E-state index contributed by atoms with van der Waals surface area (Å²) in [5.41, 5.74) is 5.36. The second-order valence-corrected chi connectivity index (χ2v) is 7.89. The number of nitrogens with zero attached hydrogens (tertiary/aromatic N) is 1. The van der Waals surface area contributed by atoms with Crippen LogP contribution in [0.15, 0.2) is 24.3 Å². The Bertz CT molecular complexity index is 610. The van der Waals surface area contributed by atoms with Gasteiger partial charge >= 0.3 is 6.09 Å². The fraction of sp³-hybridized carbons (Fsp3) is 0.556. The number of hydrogen-bond acceptors (Lipinski definition) is 3. The number of nitrogens with two attached hydrogens (primary N) is 1. The van der Waals surface area contributed by atoms with Crippen molar-refractivity contribution in [3.8, 4) is 0 Å². The Balaban J connectivity index is 2.18. The Hall–Kier alpha value is -1.75.